The maximum absolute atomic E-state index is 12.0. The number of halogens is 2. The van der Waals surface area contributed by atoms with Crippen LogP contribution in [0.4, 0.5) is 0 Å². The van der Waals surface area contributed by atoms with Crippen molar-refractivity contribution in [3.63, 3.8) is 0 Å². The molecule has 0 bridgehead atoms. The van der Waals surface area contributed by atoms with Gasteiger partial charge in [0.2, 0.25) is 5.91 Å². The number of carbonyl (C=O) groups is 1. The summed E-state index contributed by atoms with van der Waals surface area (Å²) in [5, 5.41) is 6.25. The maximum atomic E-state index is 12.0. The van der Waals surface area contributed by atoms with Crippen molar-refractivity contribution in [2.75, 3.05) is 19.6 Å². The van der Waals surface area contributed by atoms with Gasteiger partial charge in [0.25, 0.3) is 0 Å². The fourth-order valence-electron chi connectivity index (χ4n) is 2.69. The molecule has 2 aromatic rings. The van der Waals surface area contributed by atoms with E-state index in [1.54, 1.807) is 0 Å². The number of imidazole rings is 1. The number of hydrogen-bond acceptors (Lipinski definition) is 3. The third-order valence-corrected chi connectivity index (χ3v) is 4.34. The molecule has 128 valence electrons. The number of hydrogen-bond donors (Lipinski definition) is 2. The Balaban J connectivity index is 0.00000132. The van der Waals surface area contributed by atoms with Crippen LogP contribution in [0.3, 0.4) is 0 Å². The van der Waals surface area contributed by atoms with E-state index in [1.807, 2.05) is 31.5 Å². The van der Waals surface area contributed by atoms with Crippen molar-refractivity contribution >= 4 is 41.8 Å². The molecule has 0 aliphatic carbocycles. The molecule has 23 heavy (non-hydrogen) atoms. The van der Waals surface area contributed by atoms with E-state index in [0.29, 0.717) is 5.92 Å². The van der Waals surface area contributed by atoms with Gasteiger partial charge in [0, 0.05) is 19.0 Å². The van der Waals surface area contributed by atoms with Crippen molar-refractivity contribution in [2.45, 2.75) is 19.9 Å². The number of aromatic nitrogens is 2. The van der Waals surface area contributed by atoms with Gasteiger partial charge in [-0.05, 0) is 37.6 Å². The van der Waals surface area contributed by atoms with Crippen molar-refractivity contribution in [1.29, 1.82) is 0 Å². The molecule has 1 aliphatic heterocycles. The monoisotopic (exact) mass is 358 g/mol. The molecule has 1 unspecified atom stereocenters. The molecule has 1 saturated heterocycles. The first-order chi connectivity index (χ1) is 10.3. The molecule has 2 heterocycles. The minimum Gasteiger partial charge on any atom is -0.356 e. The van der Waals surface area contributed by atoms with Gasteiger partial charge < -0.3 is 15.2 Å². The molecular weight excluding hydrogens is 335 g/mol. The van der Waals surface area contributed by atoms with Crippen LogP contribution in [0.1, 0.15) is 13.3 Å². The van der Waals surface area contributed by atoms with E-state index in [1.165, 1.54) is 0 Å². The lowest BCUT2D eigenvalue weighted by atomic mass is 9.88. The zero-order valence-corrected chi connectivity index (χ0v) is 14.8. The fourth-order valence-corrected chi connectivity index (χ4v) is 2.69. The summed E-state index contributed by atoms with van der Waals surface area (Å²) < 4.78 is 2.14. The van der Waals surface area contributed by atoms with Crippen LogP contribution in [-0.4, -0.2) is 35.1 Å². The minimum absolute atomic E-state index is 0. The summed E-state index contributed by atoms with van der Waals surface area (Å²) in [5.74, 6) is 0.792. The van der Waals surface area contributed by atoms with Crippen molar-refractivity contribution in [3.8, 4) is 0 Å². The summed E-state index contributed by atoms with van der Waals surface area (Å²) in [7, 11) is 0. The lowest BCUT2D eigenvalue weighted by Gasteiger charge is -2.31. The number of aryl methyl sites for hydroxylation is 1. The molecule has 1 atom stereocenters. The molecule has 1 aromatic carbocycles. The minimum atomic E-state index is 0. The highest BCUT2D eigenvalue weighted by molar-refractivity contribution is 5.85. The summed E-state index contributed by atoms with van der Waals surface area (Å²) >= 11 is 0. The molecule has 0 spiro atoms. The zero-order valence-electron chi connectivity index (χ0n) is 13.2. The predicted molar refractivity (Wildman–Crippen MR) is 97.4 cm³/mol. The van der Waals surface area contributed by atoms with Crippen LogP contribution < -0.4 is 10.6 Å². The van der Waals surface area contributed by atoms with E-state index < -0.39 is 0 Å². The Morgan fingerprint density at radius 2 is 2.13 bits per heavy atom. The van der Waals surface area contributed by atoms with Gasteiger partial charge in [-0.1, -0.05) is 19.1 Å². The lowest BCUT2D eigenvalue weighted by Crippen LogP contribution is -2.49. The summed E-state index contributed by atoms with van der Waals surface area (Å²) in [6.45, 7) is 5.55. The van der Waals surface area contributed by atoms with Gasteiger partial charge in [0.1, 0.15) is 0 Å². The summed E-state index contributed by atoms with van der Waals surface area (Å²) in [5.41, 5.74) is 2.17. The zero-order chi connectivity index (χ0) is 14.7. The third-order valence-electron chi connectivity index (χ3n) is 4.34. The van der Waals surface area contributed by atoms with Gasteiger partial charge in [-0.25, -0.2) is 4.98 Å². The van der Waals surface area contributed by atoms with Crippen LogP contribution in [0.15, 0.2) is 30.6 Å². The Morgan fingerprint density at radius 3 is 2.83 bits per heavy atom. The van der Waals surface area contributed by atoms with Gasteiger partial charge in [-0.2, -0.15) is 0 Å². The van der Waals surface area contributed by atoms with E-state index in [2.05, 4.69) is 26.3 Å². The van der Waals surface area contributed by atoms with Gasteiger partial charge in [0.15, 0.2) is 0 Å². The van der Waals surface area contributed by atoms with Crippen LogP contribution in [0.25, 0.3) is 11.0 Å². The fraction of sp³-hybridized carbons (Fsp3) is 0.500. The van der Waals surface area contributed by atoms with E-state index in [9.17, 15) is 4.79 Å². The number of rotatable bonds is 6. The lowest BCUT2D eigenvalue weighted by molar-refractivity contribution is -0.126. The number of nitrogens with zero attached hydrogens (tertiary/aromatic N) is 2. The van der Waals surface area contributed by atoms with Gasteiger partial charge >= 0.3 is 0 Å². The average molecular weight is 359 g/mol. The number of benzene rings is 1. The van der Waals surface area contributed by atoms with Crippen molar-refractivity contribution < 1.29 is 4.79 Å². The molecule has 7 heteroatoms. The highest BCUT2D eigenvalue weighted by Crippen LogP contribution is 2.15. The van der Waals surface area contributed by atoms with E-state index in [4.69, 9.17) is 0 Å². The Kier molecular flexibility index (Phi) is 7.82. The van der Waals surface area contributed by atoms with Crippen LogP contribution in [-0.2, 0) is 11.3 Å². The molecule has 3 rings (SSSR count). The quantitative estimate of drug-likeness (QED) is 0.778. The second-order valence-corrected chi connectivity index (χ2v) is 5.78. The van der Waals surface area contributed by atoms with E-state index in [-0.39, 0.29) is 36.6 Å². The van der Waals surface area contributed by atoms with E-state index in [0.717, 1.165) is 43.6 Å². The van der Waals surface area contributed by atoms with Crippen molar-refractivity contribution in [2.24, 2.45) is 11.8 Å². The molecular formula is C16H24Cl2N4O. The number of amides is 1. The second kappa shape index (κ2) is 9.11. The van der Waals surface area contributed by atoms with E-state index >= 15 is 0 Å². The first kappa shape index (κ1) is 19.7. The first-order valence-electron chi connectivity index (χ1n) is 7.64. The Bertz CT molecular complexity index is 627. The van der Waals surface area contributed by atoms with Crippen LogP contribution in [0.5, 0.6) is 0 Å². The normalized spacial score (nSPS) is 15.2. The Hall–Kier alpha value is -1.30. The number of para-hydroxylation sites is 2. The molecule has 5 nitrogen and oxygen atoms in total. The summed E-state index contributed by atoms with van der Waals surface area (Å²) in [6.07, 6.45) is 2.79. The topological polar surface area (TPSA) is 59.0 Å². The van der Waals surface area contributed by atoms with Gasteiger partial charge in [-0.3, -0.25) is 4.79 Å². The Morgan fingerprint density at radius 1 is 1.39 bits per heavy atom. The van der Waals surface area contributed by atoms with Gasteiger partial charge in [-0.15, -0.1) is 24.8 Å². The first-order valence-corrected chi connectivity index (χ1v) is 7.64. The standard InChI is InChI=1S/C16H22N4O.2ClH/c1-12(13-9-17-10-13)16(21)18-7-4-8-20-11-19-14-5-2-3-6-15(14)20;;/h2-3,5-6,11-13,17H,4,7-10H2,1H3,(H,18,21);2*1H. The maximum Gasteiger partial charge on any atom is 0.223 e. The summed E-state index contributed by atoms with van der Waals surface area (Å²) in [6, 6.07) is 8.11. The van der Waals surface area contributed by atoms with Gasteiger partial charge in [0.05, 0.1) is 17.4 Å². The molecule has 1 aliphatic rings. The summed E-state index contributed by atoms with van der Waals surface area (Å²) in [4.78, 5) is 16.4. The average Bonchev–Trinajstić information content (AvgIpc) is 2.85. The number of fused-ring (bicyclic) bond motifs is 1. The molecule has 0 radical (unpaired) electrons. The highest BCUT2D eigenvalue weighted by Gasteiger charge is 2.28. The second-order valence-electron chi connectivity index (χ2n) is 5.78. The number of carbonyl (C=O) groups excluding carboxylic acids is 1. The largest absolute Gasteiger partial charge is 0.356 e. The van der Waals surface area contributed by atoms with Crippen LogP contribution in [0, 0.1) is 11.8 Å². The smallest absolute Gasteiger partial charge is 0.223 e. The number of nitrogens with one attached hydrogen (secondary N) is 2. The molecule has 1 aromatic heterocycles. The predicted octanol–water partition coefficient (Wildman–Crippen LogP) is 2.24. The van der Waals surface area contributed by atoms with Crippen LogP contribution in [0.2, 0.25) is 0 Å². The Labute approximate surface area is 149 Å². The molecule has 0 saturated carbocycles. The van der Waals surface area contributed by atoms with Crippen molar-refractivity contribution in [1.82, 2.24) is 20.2 Å². The highest BCUT2D eigenvalue weighted by atomic mass is 35.5. The van der Waals surface area contributed by atoms with Crippen molar-refractivity contribution in [3.05, 3.63) is 30.6 Å². The van der Waals surface area contributed by atoms with Crippen LogP contribution >= 0.6 is 24.8 Å². The SMILES string of the molecule is CC(C(=O)NCCCn1cnc2ccccc21)C1CNC1.Cl.Cl. The molecule has 1 fully saturated rings. The molecule has 1 amide bonds. The third kappa shape index (κ3) is 4.59. The molecule has 2 N–H and O–H groups in total.